The van der Waals surface area contributed by atoms with Crippen LogP contribution >= 0.6 is 34.0 Å². The molecule has 3 aliphatic carbocycles. The average molecular weight is 1500 g/mol. The zero-order valence-corrected chi connectivity index (χ0v) is 64.0. The van der Waals surface area contributed by atoms with Crippen LogP contribution in [-0.4, -0.2) is 13.7 Å². The molecule has 7 heterocycles. The molecule has 0 radical (unpaired) electrons. The van der Waals surface area contributed by atoms with Gasteiger partial charge in [-0.25, -0.2) is 0 Å². The monoisotopic (exact) mass is 1500 g/mol. The zero-order valence-electron chi connectivity index (χ0n) is 61.5. The van der Waals surface area contributed by atoms with E-state index in [-0.39, 0.29) is 0 Å². The molecule has 0 N–H and O–H groups in total. The fourth-order valence-electron chi connectivity index (χ4n) is 20.3. The van der Waals surface area contributed by atoms with Crippen molar-refractivity contribution in [3.05, 3.63) is 379 Å². The average Bonchev–Trinajstić information content (AvgIpc) is 1.55. The second kappa shape index (κ2) is 23.9. The van der Waals surface area contributed by atoms with Crippen molar-refractivity contribution in [1.29, 1.82) is 0 Å². The number of hydrogen-bond acceptors (Lipinski definition) is 4. The van der Waals surface area contributed by atoms with Crippen LogP contribution in [-0.2, 0) is 19.3 Å². The third kappa shape index (κ3) is 9.02. The summed E-state index contributed by atoms with van der Waals surface area (Å²) < 4.78 is 21.9. The van der Waals surface area contributed by atoms with Crippen molar-refractivity contribution in [2.24, 2.45) is 0 Å². The summed E-state index contributed by atoms with van der Waals surface area (Å²) in [6.45, 7) is 0. The molecular weight excluding hydrogens is 1440 g/mol. The van der Waals surface area contributed by atoms with Crippen molar-refractivity contribution in [2.75, 3.05) is 0 Å². The van der Waals surface area contributed by atoms with Gasteiger partial charge in [0.1, 0.15) is 5.58 Å². The molecule has 0 fully saturated rings. The second-order valence-electron chi connectivity index (χ2n) is 31.2. The minimum Gasteiger partial charge on any atom is -0.454 e. The summed E-state index contributed by atoms with van der Waals surface area (Å²) in [6, 6.07) is 128. The highest BCUT2D eigenvalue weighted by Gasteiger charge is 2.29. The molecule has 0 unspecified atom stereocenters. The van der Waals surface area contributed by atoms with Crippen LogP contribution in [0.15, 0.2) is 350 Å². The van der Waals surface area contributed by atoms with Crippen LogP contribution in [0.4, 0.5) is 0 Å². The van der Waals surface area contributed by atoms with E-state index in [2.05, 4.69) is 353 Å². The minimum absolute atomic E-state index is 0.923. The van der Waals surface area contributed by atoms with Gasteiger partial charge in [0.15, 0.2) is 5.58 Å². The SMILES string of the molecule is c1ccc2c(c1)Cc1ccc3sc4cc5c(cc4c3c1-2)c1ccccc1n5-c1ccc2ccccc2c1.c1ccc2c(c1)Cc1ccc3sc4cc5c(cc4c3c1-2)c1ccccc1n5-c1cccc2c1oc1ccccc12.c1ccc2c(c1)Cc1ccc3sc4cc5c(cc4c3c1-2)c1ccccc1n5-c1cccc2ccccc12. The normalized spacial score (nSPS) is 12.8. The third-order valence-electron chi connectivity index (χ3n) is 25.2. The van der Waals surface area contributed by atoms with Crippen LogP contribution in [0.25, 0.3) is 220 Å². The largest absolute Gasteiger partial charge is 0.454 e. The summed E-state index contributed by atoms with van der Waals surface area (Å²) in [6.07, 6.45) is 3.07. The molecule has 3 aliphatic rings. The molecular formula is C107H63N3OS3. The van der Waals surface area contributed by atoms with Gasteiger partial charge in [-0.1, -0.05) is 243 Å². The van der Waals surface area contributed by atoms with Crippen LogP contribution in [0.2, 0.25) is 0 Å². The van der Waals surface area contributed by atoms with E-state index in [0.717, 1.165) is 46.9 Å². The fourth-order valence-corrected chi connectivity index (χ4v) is 23.7. The van der Waals surface area contributed by atoms with Crippen molar-refractivity contribution in [2.45, 2.75) is 19.3 Å². The highest BCUT2D eigenvalue weighted by Crippen LogP contribution is 2.54. The molecule has 0 bridgehead atoms. The number of furan rings is 1. The maximum absolute atomic E-state index is 6.51. The van der Waals surface area contributed by atoms with Gasteiger partial charge in [-0.3, -0.25) is 0 Å². The Labute approximate surface area is 665 Å². The molecule has 0 saturated carbocycles. The summed E-state index contributed by atoms with van der Waals surface area (Å²) in [5.74, 6) is 0. The number of para-hydroxylation sites is 5. The Morgan fingerprint density at radius 3 is 1.13 bits per heavy atom. The molecule has 7 aromatic heterocycles. The Hall–Kier alpha value is -13.7. The van der Waals surface area contributed by atoms with Gasteiger partial charge in [0.2, 0.25) is 0 Å². The fraction of sp³-hybridized carbons (Fsp3) is 0.0280. The molecule has 0 aliphatic heterocycles. The molecule has 114 heavy (non-hydrogen) atoms. The molecule has 530 valence electrons. The number of aromatic nitrogens is 3. The maximum atomic E-state index is 6.51. The summed E-state index contributed by atoms with van der Waals surface area (Å²) in [5, 5.41) is 23.5. The third-order valence-corrected chi connectivity index (χ3v) is 28.5. The topological polar surface area (TPSA) is 27.9 Å². The summed E-state index contributed by atoms with van der Waals surface area (Å²) in [7, 11) is 0. The van der Waals surface area contributed by atoms with Gasteiger partial charge in [0, 0.05) is 115 Å². The van der Waals surface area contributed by atoms with E-state index in [1.165, 1.54) is 226 Å². The number of fused-ring (bicyclic) bond motifs is 35. The van der Waals surface area contributed by atoms with Gasteiger partial charge in [-0.05, 0) is 205 Å². The lowest BCUT2D eigenvalue weighted by atomic mass is 9.98. The Morgan fingerprint density at radius 1 is 0.219 bits per heavy atom. The van der Waals surface area contributed by atoms with Crippen molar-refractivity contribution < 1.29 is 4.42 Å². The van der Waals surface area contributed by atoms with Crippen molar-refractivity contribution in [3.8, 4) is 50.4 Å². The lowest BCUT2D eigenvalue weighted by molar-refractivity contribution is 0.666. The number of rotatable bonds is 3. The van der Waals surface area contributed by atoms with E-state index in [4.69, 9.17) is 4.42 Å². The van der Waals surface area contributed by atoms with Crippen LogP contribution in [0.3, 0.4) is 0 Å². The van der Waals surface area contributed by atoms with E-state index < -0.39 is 0 Å². The molecule has 0 spiro atoms. The Kier molecular flexibility index (Phi) is 13.2. The first-order valence-corrected chi connectivity index (χ1v) is 41.8. The zero-order chi connectivity index (χ0) is 74.1. The predicted octanol–water partition coefficient (Wildman–Crippen LogP) is 30.4. The van der Waals surface area contributed by atoms with E-state index in [9.17, 15) is 0 Å². The van der Waals surface area contributed by atoms with Gasteiger partial charge < -0.3 is 18.1 Å². The number of thiophene rings is 3. The summed E-state index contributed by atoms with van der Waals surface area (Å²) in [4.78, 5) is 0. The van der Waals surface area contributed by atoms with Gasteiger partial charge in [-0.15, -0.1) is 34.0 Å². The molecule has 25 aromatic rings. The minimum atomic E-state index is 0.923. The van der Waals surface area contributed by atoms with Gasteiger partial charge in [0.25, 0.3) is 0 Å². The smallest absolute Gasteiger partial charge is 0.159 e. The Morgan fingerprint density at radius 2 is 0.605 bits per heavy atom. The molecule has 18 aromatic carbocycles. The van der Waals surface area contributed by atoms with E-state index in [1.807, 2.05) is 40.1 Å². The van der Waals surface area contributed by atoms with Crippen molar-refractivity contribution >= 4 is 203 Å². The predicted molar refractivity (Wildman–Crippen MR) is 488 cm³/mol. The quantitative estimate of drug-likeness (QED) is 0.173. The van der Waals surface area contributed by atoms with Gasteiger partial charge >= 0.3 is 0 Å². The van der Waals surface area contributed by atoms with Crippen LogP contribution in [0, 0.1) is 0 Å². The lowest BCUT2D eigenvalue weighted by Crippen LogP contribution is -1.94. The number of nitrogens with zero attached hydrogens (tertiary/aromatic N) is 3. The standard InChI is InChI=1S/C37H21NOS.2C35H21NS/c1-2-9-23-21(8-1)18-22-16-17-33-36(35(22)23)28-19-27-24-10-3-5-13-29(24)38(31(27)20-34(28)40-33)30-14-7-12-26-25-11-4-6-15-32(25)39-37(26)30;1-3-11-24-21(8-1)10-7-15-29(24)36-30-14-6-5-13-26(30)27-19-28-33(20-31(27)36)37-32-17-16-23-18-22-9-2-4-12-25(22)34(23)35(28)32;1-2-8-22-18-25(15-13-21(22)7-1)36-30-12-6-5-11-27(30)28-19-29-33(20-31(28)36)37-32-16-14-24-17-23-9-3-4-10-26(23)34(24)35(29)32/h1-17,19-20H,18H2;1-17,19-20H,18H2;1-16,18-20H,17H2. The highest BCUT2D eigenvalue weighted by molar-refractivity contribution is 7.27. The molecule has 0 amide bonds. The van der Waals surface area contributed by atoms with Crippen molar-refractivity contribution in [3.63, 3.8) is 0 Å². The Bertz CT molecular complexity index is 8540. The summed E-state index contributed by atoms with van der Waals surface area (Å²) >= 11 is 5.74. The van der Waals surface area contributed by atoms with E-state index in [0.29, 0.717) is 0 Å². The van der Waals surface area contributed by atoms with Crippen LogP contribution < -0.4 is 0 Å². The highest BCUT2D eigenvalue weighted by atomic mass is 32.1. The van der Waals surface area contributed by atoms with Crippen molar-refractivity contribution in [1.82, 2.24) is 13.7 Å². The second-order valence-corrected chi connectivity index (χ2v) is 34.4. The number of benzene rings is 18. The number of hydrogen-bond donors (Lipinski definition) is 0. The Balaban J connectivity index is 0.0000000943. The van der Waals surface area contributed by atoms with Gasteiger partial charge in [-0.2, -0.15) is 0 Å². The molecule has 7 heteroatoms. The van der Waals surface area contributed by atoms with E-state index >= 15 is 0 Å². The summed E-state index contributed by atoms with van der Waals surface area (Å²) in [5.41, 5.74) is 30.0. The lowest BCUT2D eigenvalue weighted by Gasteiger charge is -2.11. The first kappa shape index (κ1) is 63.0. The van der Waals surface area contributed by atoms with Gasteiger partial charge in [0.05, 0.1) is 44.5 Å². The maximum Gasteiger partial charge on any atom is 0.159 e. The molecule has 4 nitrogen and oxygen atoms in total. The van der Waals surface area contributed by atoms with Crippen LogP contribution in [0.5, 0.6) is 0 Å². The van der Waals surface area contributed by atoms with E-state index in [1.54, 1.807) is 0 Å². The first-order chi connectivity index (χ1) is 56.5. The molecule has 0 atom stereocenters. The van der Waals surface area contributed by atoms with Crippen LogP contribution in [0.1, 0.15) is 33.4 Å². The molecule has 28 rings (SSSR count). The first-order valence-electron chi connectivity index (χ1n) is 39.4. The molecule has 0 saturated heterocycles.